The second kappa shape index (κ2) is 8.25. The summed E-state index contributed by atoms with van der Waals surface area (Å²) in [5.41, 5.74) is 0.679. The Bertz CT molecular complexity index is 965. The topological polar surface area (TPSA) is 92.3 Å². The van der Waals surface area contributed by atoms with Gasteiger partial charge in [0.05, 0.1) is 11.5 Å². The zero-order valence-electron chi connectivity index (χ0n) is 16.1. The van der Waals surface area contributed by atoms with Gasteiger partial charge >= 0.3 is 0 Å². The van der Waals surface area contributed by atoms with E-state index in [1.54, 1.807) is 0 Å². The zero-order valence-corrected chi connectivity index (χ0v) is 16.1. The molecule has 156 valence electrons. The molecule has 3 heterocycles. The molecule has 1 N–H and O–H groups in total. The molecule has 2 amide bonds. The first-order chi connectivity index (χ1) is 14.5. The van der Waals surface area contributed by atoms with E-state index < -0.39 is 29.4 Å². The van der Waals surface area contributed by atoms with Gasteiger partial charge in [-0.1, -0.05) is 0 Å². The molecule has 2 aliphatic rings. The van der Waals surface area contributed by atoms with Gasteiger partial charge in [-0.05, 0) is 42.9 Å². The number of halogens is 2. The van der Waals surface area contributed by atoms with Gasteiger partial charge in [-0.15, -0.1) is 0 Å². The highest BCUT2D eigenvalue weighted by atomic mass is 19.1. The highest BCUT2D eigenvalue weighted by molar-refractivity contribution is 6.01. The summed E-state index contributed by atoms with van der Waals surface area (Å²) < 4.78 is 29.5. The number of piperidine rings is 2. The molecule has 1 unspecified atom stereocenters. The number of nitrogens with zero attached hydrogens (tertiary/aromatic N) is 3. The molecule has 0 spiro atoms. The average molecular weight is 414 g/mol. The number of aromatic nitrogens is 2. The normalized spacial score (nSPS) is 20.2. The van der Waals surface area contributed by atoms with Crippen LogP contribution in [0.3, 0.4) is 0 Å². The van der Waals surface area contributed by atoms with E-state index >= 15 is 0 Å². The van der Waals surface area contributed by atoms with E-state index in [1.165, 1.54) is 24.5 Å². The smallest absolute Gasteiger partial charge is 0.234 e. The molecule has 2 aromatic rings. The minimum atomic E-state index is -0.995. The second-order valence-corrected chi connectivity index (χ2v) is 7.60. The fourth-order valence-corrected chi connectivity index (χ4v) is 4.11. The average Bonchev–Trinajstić information content (AvgIpc) is 2.75. The van der Waals surface area contributed by atoms with Gasteiger partial charge < -0.3 is 4.90 Å². The van der Waals surface area contributed by atoms with E-state index in [4.69, 9.17) is 0 Å². The maximum absolute atomic E-state index is 14.8. The Labute approximate surface area is 171 Å². The third-order valence-corrected chi connectivity index (χ3v) is 5.73. The van der Waals surface area contributed by atoms with Crippen molar-refractivity contribution < 1.29 is 23.2 Å². The molecule has 0 aliphatic carbocycles. The number of hydrogen-bond acceptors (Lipinski definition) is 6. The number of carbonyl (C=O) groups excluding carboxylic acids is 3. The predicted molar refractivity (Wildman–Crippen MR) is 103 cm³/mol. The van der Waals surface area contributed by atoms with Crippen LogP contribution in [0.2, 0.25) is 0 Å². The van der Waals surface area contributed by atoms with Gasteiger partial charge in [-0.3, -0.25) is 19.7 Å². The largest absolute Gasteiger partial charge is 0.341 e. The van der Waals surface area contributed by atoms with Crippen LogP contribution >= 0.6 is 0 Å². The monoisotopic (exact) mass is 414 g/mol. The molecule has 1 atom stereocenters. The lowest BCUT2D eigenvalue weighted by Gasteiger charge is -2.32. The molecular formula is C21H20F2N4O3. The number of carbonyl (C=O) groups is 3. The number of amides is 2. The van der Waals surface area contributed by atoms with Gasteiger partial charge in [-0.25, -0.2) is 18.7 Å². The summed E-state index contributed by atoms with van der Waals surface area (Å²) in [7, 11) is 0. The van der Waals surface area contributed by atoms with Crippen molar-refractivity contribution >= 4 is 24.0 Å². The van der Waals surface area contributed by atoms with E-state index in [0.29, 0.717) is 49.3 Å². The summed E-state index contributed by atoms with van der Waals surface area (Å²) in [6.45, 7) is 1.23. The number of imide groups is 1. The second-order valence-electron chi connectivity index (χ2n) is 7.60. The molecule has 0 radical (unpaired) electrons. The van der Waals surface area contributed by atoms with Crippen LogP contribution in [0.25, 0.3) is 0 Å². The summed E-state index contributed by atoms with van der Waals surface area (Å²) in [6, 6.07) is 2.61. The predicted octanol–water partition coefficient (Wildman–Crippen LogP) is 2.47. The highest BCUT2D eigenvalue weighted by Gasteiger charge is 2.33. The maximum atomic E-state index is 14.8. The summed E-state index contributed by atoms with van der Waals surface area (Å²) >= 11 is 0. The first-order valence-corrected chi connectivity index (χ1v) is 9.81. The van der Waals surface area contributed by atoms with Crippen LogP contribution in [0.15, 0.2) is 24.5 Å². The Morgan fingerprint density at radius 2 is 1.67 bits per heavy atom. The zero-order chi connectivity index (χ0) is 21.3. The summed E-state index contributed by atoms with van der Waals surface area (Å²) in [4.78, 5) is 44.3. The third kappa shape index (κ3) is 3.92. The number of benzene rings is 1. The fraction of sp³-hybridized carbons (Fsp3) is 0.381. The number of hydrogen-bond donors (Lipinski definition) is 1. The summed E-state index contributed by atoms with van der Waals surface area (Å²) in [6.07, 6.45) is 5.08. The number of aldehydes is 1. The molecule has 0 bridgehead atoms. The molecular weight excluding hydrogens is 394 g/mol. The Hall–Kier alpha value is -3.23. The van der Waals surface area contributed by atoms with Crippen molar-refractivity contribution in [1.82, 2.24) is 15.3 Å². The molecule has 2 aliphatic heterocycles. The van der Waals surface area contributed by atoms with Crippen molar-refractivity contribution in [2.45, 2.75) is 37.5 Å². The molecule has 2 fully saturated rings. The first-order valence-electron chi connectivity index (χ1n) is 9.81. The van der Waals surface area contributed by atoms with Crippen molar-refractivity contribution in [3.8, 4) is 0 Å². The molecule has 2 saturated heterocycles. The standard InChI is InChI=1S/C21H20F2N4O3/c22-16-7-14(8-17(23)19(16)15-1-2-18(29)26-20(15)30)13-3-5-27(6-4-13)21-24-9-12(11-28)10-25-21/h7-11,13,15H,1-6H2,(H,26,29,30). The Morgan fingerprint density at radius 1 is 1.03 bits per heavy atom. The SMILES string of the molecule is O=Cc1cnc(N2CCC(c3cc(F)c(C4CCC(=O)NC4=O)c(F)c3)CC2)nc1. The van der Waals surface area contributed by atoms with Crippen LogP contribution in [0.5, 0.6) is 0 Å². The number of nitrogens with one attached hydrogen (secondary N) is 1. The third-order valence-electron chi connectivity index (χ3n) is 5.73. The van der Waals surface area contributed by atoms with E-state index in [-0.39, 0.29) is 24.3 Å². The fourth-order valence-electron chi connectivity index (χ4n) is 4.11. The van der Waals surface area contributed by atoms with Crippen LogP contribution in [-0.2, 0) is 9.59 Å². The Balaban J connectivity index is 1.47. The molecule has 9 heteroatoms. The minimum Gasteiger partial charge on any atom is -0.341 e. The van der Waals surface area contributed by atoms with Gasteiger partial charge in [0.25, 0.3) is 0 Å². The van der Waals surface area contributed by atoms with Crippen molar-refractivity contribution in [2.24, 2.45) is 0 Å². The number of rotatable bonds is 4. The molecule has 4 rings (SSSR count). The van der Waals surface area contributed by atoms with Gasteiger partial charge in [0.15, 0.2) is 6.29 Å². The van der Waals surface area contributed by atoms with E-state index in [9.17, 15) is 23.2 Å². The summed E-state index contributed by atoms with van der Waals surface area (Å²) in [5, 5.41) is 2.14. The van der Waals surface area contributed by atoms with Crippen molar-refractivity contribution in [1.29, 1.82) is 0 Å². The molecule has 30 heavy (non-hydrogen) atoms. The molecule has 0 saturated carbocycles. The summed E-state index contributed by atoms with van der Waals surface area (Å²) in [5.74, 6) is -3.11. The Kier molecular flexibility index (Phi) is 5.52. The van der Waals surface area contributed by atoms with Crippen LogP contribution in [0.1, 0.15) is 59.0 Å². The van der Waals surface area contributed by atoms with Crippen LogP contribution in [-0.4, -0.2) is 41.2 Å². The molecule has 7 nitrogen and oxygen atoms in total. The van der Waals surface area contributed by atoms with E-state index in [0.717, 1.165) is 0 Å². The van der Waals surface area contributed by atoms with E-state index in [1.807, 2.05) is 4.90 Å². The minimum absolute atomic E-state index is 0.0321. The van der Waals surface area contributed by atoms with Crippen molar-refractivity contribution in [3.05, 3.63) is 52.9 Å². The van der Waals surface area contributed by atoms with Gasteiger partial charge in [0, 0.05) is 37.5 Å². The van der Waals surface area contributed by atoms with Crippen LogP contribution in [0.4, 0.5) is 14.7 Å². The lowest BCUT2D eigenvalue weighted by Crippen LogP contribution is -2.40. The van der Waals surface area contributed by atoms with Crippen LogP contribution in [0, 0.1) is 11.6 Å². The first kappa shape index (κ1) is 20.1. The van der Waals surface area contributed by atoms with Crippen LogP contribution < -0.4 is 10.2 Å². The Morgan fingerprint density at radius 3 is 2.23 bits per heavy atom. The lowest BCUT2D eigenvalue weighted by molar-refractivity contribution is -0.134. The van der Waals surface area contributed by atoms with Crippen molar-refractivity contribution in [3.63, 3.8) is 0 Å². The van der Waals surface area contributed by atoms with Crippen molar-refractivity contribution in [2.75, 3.05) is 18.0 Å². The quantitative estimate of drug-likeness (QED) is 0.610. The van der Waals surface area contributed by atoms with Gasteiger partial charge in [0.2, 0.25) is 17.8 Å². The van der Waals surface area contributed by atoms with Gasteiger partial charge in [0.1, 0.15) is 11.6 Å². The maximum Gasteiger partial charge on any atom is 0.234 e. The van der Waals surface area contributed by atoms with Gasteiger partial charge in [-0.2, -0.15) is 0 Å². The lowest BCUT2D eigenvalue weighted by atomic mass is 9.85. The highest BCUT2D eigenvalue weighted by Crippen LogP contribution is 2.35. The molecule has 1 aromatic carbocycles. The van der Waals surface area contributed by atoms with E-state index in [2.05, 4.69) is 15.3 Å². The number of anilines is 1. The molecule has 1 aromatic heterocycles.